The number of guanidine groups is 1. The molecule has 1 N–H and O–H groups in total. The molecule has 0 aliphatic carbocycles. The fourth-order valence-corrected chi connectivity index (χ4v) is 4.46. The Hall–Kier alpha value is -3.59. The van der Waals surface area contributed by atoms with E-state index in [1.165, 1.54) is 5.56 Å². The average molecular weight is 481 g/mol. The summed E-state index contributed by atoms with van der Waals surface area (Å²) in [5.41, 5.74) is 1.95. The number of amides is 1. The minimum Gasteiger partial charge on any atom is -0.493 e. The molecule has 1 amide bonds. The van der Waals surface area contributed by atoms with E-state index in [0.717, 1.165) is 19.6 Å². The quantitative estimate of drug-likeness (QED) is 0.480. The molecule has 0 aromatic heterocycles. The molecule has 2 aromatic rings. The van der Waals surface area contributed by atoms with Gasteiger partial charge in [-0.25, -0.2) is 4.99 Å². The van der Waals surface area contributed by atoms with Gasteiger partial charge in [-0.2, -0.15) is 0 Å². The monoisotopic (exact) mass is 480 g/mol. The molecule has 35 heavy (non-hydrogen) atoms. The summed E-state index contributed by atoms with van der Waals surface area (Å²) >= 11 is 0. The Labute approximate surface area is 205 Å². The summed E-state index contributed by atoms with van der Waals surface area (Å²) in [6.45, 7) is 5.89. The van der Waals surface area contributed by atoms with Gasteiger partial charge in [0.05, 0.1) is 20.8 Å². The highest BCUT2D eigenvalue weighted by Crippen LogP contribution is 2.36. The molecule has 2 aliphatic heterocycles. The number of ether oxygens (including phenoxy) is 3. The van der Waals surface area contributed by atoms with Crippen molar-refractivity contribution in [3.8, 4) is 11.5 Å². The minimum atomic E-state index is -1.09. The lowest BCUT2D eigenvalue weighted by molar-refractivity contribution is -0.153. The third-order valence-corrected chi connectivity index (χ3v) is 6.31. The number of esters is 1. The normalized spacial score (nSPS) is 20.6. The maximum absolute atomic E-state index is 13.1. The number of rotatable bonds is 7. The topological polar surface area (TPSA) is 92.7 Å². The molecule has 4 rings (SSSR count). The summed E-state index contributed by atoms with van der Waals surface area (Å²) < 4.78 is 16.0. The van der Waals surface area contributed by atoms with E-state index in [4.69, 9.17) is 19.2 Å². The van der Waals surface area contributed by atoms with Crippen LogP contribution in [0.4, 0.5) is 0 Å². The molecular weight excluding hydrogens is 448 g/mol. The lowest BCUT2D eigenvalue weighted by Crippen LogP contribution is -2.57. The van der Waals surface area contributed by atoms with Gasteiger partial charge in [0.1, 0.15) is 6.04 Å². The van der Waals surface area contributed by atoms with Crippen molar-refractivity contribution in [1.82, 2.24) is 15.1 Å². The highest BCUT2D eigenvalue weighted by molar-refractivity contribution is 6.08. The van der Waals surface area contributed by atoms with Crippen LogP contribution in [0.3, 0.4) is 0 Å². The van der Waals surface area contributed by atoms with Crippen LogP contribution in [0.15, 0.2) is 53.5 Å². The zero-order valence-electron chi connectivity index (χ0n) is 20.4. The Bertz CT molecular complexity index is 1070. The molecule has 0 saturated carbocycles. The molecule has 9 nitrogen and oxygen atoms in total. The third-order valence-electron chi connectivity index (χ3n) is 6.31. The summed E-state index contributed by atoms with van der Waals surface area (Å²) in [6.07, 6.45) is 0. The molecule has 0 radical (unpaired) electrons. The van der Waals surface area contributed by atoms with E-state index in [9.17, 15) is 9.59 Å². The number of hydrogen-bond acceptors (Lipinski definition) is 8. The molecule has 2 atom stereocenters. The first-order valence-electron chi connectivity index (χ1n) is 11.8. The van der Waals surface area contributed by atoms with Crippen LogP contribution in [0.25, 0.3) is 0 Å². The number of benzene rings is 2. The Morgan fingerprint density at radius 2 is 1.74 bits per heavy atom. The number of nitrogens with zero attached hydrogens (tertiary/aromatic N) is 3. The van der Waals surface area contributed by atoms with Crippen molar-refractivity contribution in [2.45, 2.75) is 19.5 Å². The van der Waals surface area contributed by atoms with E-state index < -0.39 is 23.8 Å². The minimum absolute atomic E-state index is 0.182. The number of nitrogens with one attached hydrogen (secondary N) is 1. The zero-order chi connectivity index (χ0) is 24.8. The predicted molar refractivity (Wildman–Crippen MR) is 131 cm³/mol. The molecule has 2 aliphatic rings. The first kappa shape index (κ1) is 24.5. The van der Waals surface area contributed by atoms with Gasteiger partial charge < -0.3 is 19.1 Å². The van der Waals surface area contributed by atoms with Gasteiger partial charge in [0.25, 0.3) is 0 Å². The van der Waals surface area contributed by atoms with Crippen LogP contribution in [-0.4, -0.2) is 74.6 Å². The van der Waals surface area contributed by atoms with Crippen molar-refractivity contribution in [2.24, 2.45) is 10.9 Å². The Kier molecular flexibility index (Phi) is 7.87. The molecule has 9 heteroatoms. The summed E-state index contributed by atoms with van der Waals surface area (Å²) in [4.78, 5) is 35.2. The van der Waals surface area contributed by atoms with E-state index in [-0.39, 0.29) is 6.61 Å². The van der Waals surface area contributed by atoms with Crippen LogP contribution in [0, 0.1) is 5.92 Å². The molecule has 2 aromatic carbocycles. The van der Waals surface area contributed by atoms with Crippen LogP contribution < -0.4 is 14.8 Å². The van der Waals surface area contributed by atoms with Gasteiger partial charge in [0.2, 0.25) is 11.9 Å². The van der Waals surface area contributed by atoms with Crippen LogP contribution in [0.2, 0.25) is 0 Å². The smallest absolute Gasteiger partial charge is 0.321 e. The second-order valence-corrected chi connectivity index (χ2v) is 8.48. The third kappa shape index (κ3) is 5.57. The SMILES string of the molecule is CCOC(=O)[C@H]1C(=O)NC(N2CCN(Cc3ccccc3)CC2)=N[C@H]1c1ccc(OC)c(OC)c1. The fourth-order valence-electron chi connectivity index (χ4n) is 4.46. The molecule has 0 bridgehead atoms. The van der Waals surface area contributed by atoms with Crippen molar-refractivity contribution >= 4 is 17.8 Å². The van der Waals surface area contributed by atoms with Crippen LogP contribution >= 0.6 is 0 Å². The zero-order valence-corrected chi connectivity index (χ0v) is 20.4. The van der Waals surface area contributed by atoms with Crippen molar-refractivity contribution in [3.63, 3.8) is 0 Å². The van der Waals surface area contributed by atoms with Gasteiger partial charge in [-0.3, -0.25) is 19.8 Å². The standard InChI is InChI=1S/C26H32N4O5/c1-4-35-25(32)22-23(19-10-11-20(33-2)21(16-19)34-3)27-26(28-24(22)31)30-14-12-29(13-15-30)17-18-8-6-5-7-9-18/h5-11,16,22-23H,4,12-15,17H2,1-3H3,(H,27,28,31)/t22-,23+/m1/s1. The molecule has 186 valence electrons. The maximum Gasteiger partial charge on any atom is 0.321 e. The Morgan fingerprint density at radius 1 is 1.03 bits per heavy atom. The number of hydrogen-bond donors (Lipinski definition) is 1. The number of aliphatic imine (C=N–C) groups is 1. The molecular formula is C26H32N4O5. The van der Waals surface area contributed by atoms with Crippen LogP contribution in [0.5, 0.6) is 11.5 Å². The Balaban J connectivity index is 1.56. The number of carbonyl (C=O) groups excluding carboxylic acids is 2. The number of piperazine rings is 1. The number of carbonyl (C=O) groups is 2. The lowest BCUT2D eigenvalue weighted by Gasteiger charge is -2.39. The van der Waals surface area contributed by atoms with E-state index in [2.05, 4.69) is 27.2 Å². The largest absolute Gasteiger partial charge is 0.493 e. The van der Waals surface area contributed by atoms with Crippen LogP contribution in [0.1, 0.15) is 24.1 Å². The summed E-state index contributed by atoms with van der Waals surface area (Å²) in [5.74, 6) is -0.557. The van der Waals surface area contributed by atoms with Gasteiger partial charge >= 0.3 is 5.97 Å². The van der Waals surface area contributed by atoms with E-state index in [0.29, 0.717) is 36.1 Å². The van der Waals surface area contributed by atoms with Crippen molar-refractivity contribution in [3.05, 3.63) is 59.7 Å². The maximum atomic E-state index is 13.1. The van der Waals surface area contributed by atoms with E-state index >= 15 is 0 Å². The molecule has 2 heterocycles. The summed E-state index contributed by atoms with van der Waals surface area (Å²) in [5, 5.41) is 2.85. The van der Waals surface area contributed by atoms with E-state index in [1.807, 2.05) is 18.2 Å². The highest BCUT2D eigenvalue weighted by atomic mass is 16.5. The Morgan fingerprint density at radius 3 is 2.40 bits per heavy atom. The lowest BCUT2D eigenvalue weighted by atomic mass is 9.91. The molecule has 1 fully saturated rings. The van der Waals surface area contributed by atoms with Crippen LogP contribution in [-0.2, 0) is 20.9 Å². The van der Waals surface area contributed by atoms with E-state index in [1.54, 1.807) is 39.3 Å². The molecule has 0 spiro atoms. The second-order valence-electron chi connectivity index (χ2n) is 8.48. The van der Waals surface area contributed by atoms with Gasteiger partial charge in [-0.05, 0) is 30.2 Å². The molecule has 1 saturated heterocycles. The highest BCUT2D eigenvalue weighted by Gasteiger charge is 2.42. The molecule has 0 unspecified atom stereocenters. The fraction of sp³-hybridized carbons (Fsp3) is 0.423. The first-order valence-corrected chi connectivity index (χ1v) is 11.8. The van der Waals surface area contributed by atoms with Crippen molar-refractivity contribution in [2.75, 3.05) is 47.0 Å². The summed E-state index contributed by atoms with van der Waals surface area (Å²) in [6, 6.07) is 14.9. The predicted octanol–water partition coefficient (Wildman–Crippen LogP) is 2.23. The summed E-state index contributed by atoms with van der Waals surface area (Å²) in [7, 11) is 3.10. The average Bonchev–Trinajstić information content (AvgIpc) is 2.89. The van der Waals surface area contributed by atoms with Gasteiger partial charge in [-0.15, -0.1) is 0 Å². The van der Waals surface area contributed by atoms with Crippen molar-refractivity contribution in [1.29, 1.82) is 0 Å². The van der Waals surface area contributed by atoms with Gasteiger partial charge in [0.15, 0.2) is 17.4 Å². The van der Waals surface area contributed by atoms with Gasteiger partial charge in [0, 0.05) is 32.7 Å². The van der Waals surface area contributed by atoms with Crippen molar-refractivity contribution < 1.29 is 23.8 Å². The second kappa shape index (κ2) is 11.2. The first-order chi connectivity index (χ1) is 17.0. The van der Waals surface area contributed by atoms with Gasteiger partial charge in [-0.1, -0.05) is 36.4 Å². The number of methoxy groups -OCH3 is 2.